The van der Waals surface area contributed by atoms with Gasteiger partial charge in [0.05, 0.1) is 5.56 Å². The monoisotopic (exact) mass is 380 g/mol. The minimum absolute atomic E-state index is 0. The van der Waals surface area contributed by atoms with Crippen LogP contribution in [-0.2, 0) is 10.0 Å². The summed E-state index contributed by atoms with van der Waals surface area (Å²) in [5, 5.41) is 5.87. The molecule has 1 amide bonds. The van der Waals surface area contributed by atoms with Crippen LogP contribution in [0.1, 0.15) is 16.1 Å². The Bertz CT molecular complexity index is 654. The molecular formula is C14H25ClN4O4S. The summed E-state index contributed by atoms with van der Waals surface area (Å²) in [4.78, 5) is 14.5. The molecule has 1 aliphatic rings. The number of hydrogen-bond acceptors (Lipinski definition) is 6. The van der Waals surface area contributed by atoms with Crippen molar-refractivity contribution in [2.24, 2.45) is 0 Å². The predicted molar refractivity (Wildman–Crippen MR) is 93.2 cm³/mol. The average molecular weight is 381 g/mol. The quantitative estimate of drug-likeness (QED) is 0.715. The highest BCUT2D eigenvalue weighted by Gasteiger charge is 2.25. The number of nitrogens with zero attached hydrogens (tertiary/aromatic N) is 2. The standard InChI is InChI=1S/C14H24N4O4S.ClH/c1-11-12(10-13(22-11)23(20,21)17(2)3)14(19)16-6-9-18-7-4-15-5-8-18;/h10,15H,4-9H2,1-3H3,(H,16,19);1H. The Kier molecular flexibility index (Phi) is 7.68. The second-order valence-corrected chi connectivity index (χ2v) is 7.75. The molecule has 0 spiro atoms. The van der Waals surface area contributed by atoms with E-state index in [2.05, 4.69) is 15.5 Å². The molecular weight excluding hydrogens is 356 g/mol. The molecule has 0 aromatic carbocycles. The van der Waals surface area contributed by atoms with E-state index in [1.54, 1.807) is 6.92 Å². The largest absolute Gasteiger partial charge is 0.448 e. The highest BCUT2D eigenvalue weighted by atomic mass is 35.5. The molecule has 0 radical (unpaired) electrons. The van der Waals surface area contributed by atoms with Gasteiger partial charge in [-0.2, -0.15) is 0 Å². The first-order chi connectivity index (χ1) is 10.8. The highest BCUT2D eigenvalue weighted by molar-refractivity contribution is 7.88. The third-order valence-corrected chi connectivity index (χ3v) is 5.47. The zero-order chi connectivity index (χ0) is 17.0. The molecule has 0 bridgehead atoms. The highest BCUT2D eigenvalue weighted by Crippen LogP contribution is 2.21. The van der Waals surface area contributed by atoms with Crippen LogP contribution >= 0.6 is 12.4 Å². The van der Waals surface area contributed by atoms with Gasteiger partial charge in [0, 0.05) is 59.4 Å². The third-order valence-electron chi connectivity index (χ3n) is 3.80. The van der Waals surface area contributed by atoms with Gasteiger partial charge in [-0.1, -0.05) is 0 Å². The van der Waals surface area contributed by atoms with E-state index in [-0.39, 0.29) is 29.0 Å². The van der Waals surface area contributed by atoms with Crippen LogP contribution in [0.15, 0.2) is 15.6 Å². The van der Waals surface area contributed by atoms with Gasteiger partial charge in [-0.3, -0.25) is 9.69 Å². The second-order valence-electron chi connectivity index (χ2n) is 5.67. The van der Waals surface area contributed by atoms with E-state index in [1.807, 2.05) is 0 Å². The van der Waals surface area contributed by atoms with Crippen LogP contribution in [-0.4, -0.2) is 76.9 Å². The number of amides is 1. The zero-order valence-corrected chi connectivity index (χ0v) is 15.8. The average Bonchev–Trinajstić information content (AvgIpc) is 2.91. The van der Waals surface area contributed by atoms with Crippen LogP contribution in [0.4, 0.5) is 0 Å². The number of rotatable bonds is 6. The van der Waals surface area contributed by atoms with Crippen LogP contribution in [0.5, 0.6) is 0 Å². The van der Waals surface area contributed by atoms with E-state index < -0.39 is 10.0 Å². The summed E-state index contributed by atoms with van der Waals surface area (Å²) in [5.74, 6) is -0.0216. The molecule has 2 heterocycles. The van der Waals surface area contributed by atoms with Crippen molar-refractivity contribution in [3.8, 4) is 0 Å². The third kappa shape index (κ3) is 4.93. The van der Waals surface area contributed by atoms with Gasteiger partial charge in [-0.15, -0.1) is 12.4 Å². The number of piperazine rings is 1. The Balaban J connectivity index is 0.00000288. The van der Waals surface area contributed by atoms with Crippen LogP contribution in [0.25, 0.3) is 0 Å². The molecule has 1 aliphatic heterocycles. The molecule has 0 saturated carbocycles. The lowest BCUT2D eigenvalue weighted by molar-refractivity contribution is 0.0945. The fourth-order valence-electron chi connectivity index (χ4n) is 2.34. The van der Waals surface area contributed by atoms with E-state index >= 15 is 0 Å². The first-order valence-corrected chi connectivity index (χ1v) is 9.00. The number of hydrogen-bond donors (Lipinski definition) is 2. The molecule has 8 nitrogen and oxygen atoms in total. The Morgan fingerprint density at radius 2 is 2.00 bits per heavy atom. The van der Waals surface area contributed by atoms with Gasteiger partial charge in [0.15, 0.2) is 0 Å². The Labute approximate surface area is 149 Å². The Morgan fingerprint density at radius 1 is 1.38 bits per heavy atom. The first-order valence-electron chi connectivity index (χ1n) is 7.56. The summed E-state index contributed by atoms with van der Waals surface area (Å²) in [6, 6.07) is 1.28. The van der Waals surface area contributed by atoms with E-state index in [1.165, 1.54) is 20.2 Å². The molecule has 0 unspecified atom stereocenters. The molecule has 1 aromatic heterocycles. The zero-order valence-electron chi connectivity index (χ0n) is 14.2. The fourth-order valence-corrected chi connectivity index (χ4v) is 3.20. The maximum atomic E-state index is 12.2. The van der Waals surface area contributed by atoms with Gasteiger partial charge in [-0.05, 0) is 6.92 Å². The second kappa shape index (κ2) is 8.82. The molecule has 10 heteroatoms. The summed E-state index contributed by atoms with van der Waals surface area (Å²) < 4.78 is 30.4. The molecule has 24 heavy (non-hydrogen) atoms. The Hall–Kier alpha value is -1.13. The summed E-state index contributed by atoms with van der Waals surface area (Å²) in [7, 11) is -0.844. The molecule has 2 rings (SSSR count). The maximum absolute atomic E-state index is 12.2. The van der Waals surface area contributed by atoms with Crippen molar-refractivity contribution in [1.82, 2.24) is 19.8 Å². The van der Waals surface area contributed by atoms with E-state index in [9.17, 15) is 13.2 Å². The lowest BCUT2D eigenvalue weighted by atomic mass is 10.2. The van der Waals surface area contributed by atoms with Crippen LogP contribution in [0.2, 0.25) is 0 Å². The van der Waals surface area contributed by atoms with Crippen molar-refractivity contribution in [3.63, 3.8) is 0 Å². The lowest BCUT2D eigenvalue weighted by Crippen LogP contribution is -2.46. The van der Waals surface area contributed by atoms with Crippen LogP contribution < -0.4 is 10.6 Å². The molecule has 0 aliphatic carbocycles. The summed E-state index contributed by atoms with van der Waals surface area (Å²) in [6.07, 6.45) is 0. The normalized spacial score (nSPS) is 16.0. The molecule has 1 fully saturated rings. The summed E-state index contributed by atoms with van der Waals surface area (Å²) in [5.41, 5.74) is 0.255. The van der Waals surface area contributed by atoms with Crippen LogP contribution in [0, 0.1) is 6.92 Å². The van der Waals surface area contributed by atoms with Crippen molar-refractivity contribution >= 4 is 28.3 Å². The van der Waals surface area contributed by atoms with Gasteiger partial charge in [0.2, 0.25) is 5.09 Å². The van der Waals surface area contributed by atoms with Crippen LogP contribution in [0.3, 0.4) is 0 Å². The topological polar surface area (TPSA) is 94.9 Å². The smallest absolute Gasteiger partial charge is 0.275 e. The first kappa shape index (κ1) is 20.9. The minimum Gasteiger partial charge on any atom is -0.448 e. The van der Waals surface area contributed by atoms with Gasteiger partial charge in [-0.25, -0.2) is 12.7 Å². The Morgan fingerprint density at radius 3 is 2.58 bits per heavy atom. The van der Waals surface area contributed by atoms with E-state index in [4.69, 9.17) is 4.42 Å². The number of nitrogens with one attached hydrogen (secondary N) is 2. The summed E-state index contributed by atoms with van der Waals surface area (Å²) >= 11 is 0. The molecule has 1 aromatic rings. The number of sulfonamides is 1. The molecule has 0 atom stereocenters. The number of carbonyl (C=O) groups excluding carboxylic acids is 1. The number of carbonyl (C=O) groups is 1. The number of aryl methyl sites for hydroxylation is 1. The van der Waals surface area contributed by atoms with Gasteiger partial charge < -0.3 is 15.1 Å². The number of halogens is 1. The van der Waals surface area contributed by atoms with Crippen molar-refractivity contribution < 1.29 is 17.6 Å². The SMILES string of the molecule is Cc1oc(S(=O)(=O)N(C)C)cc1C(=O)NCCN1CCNCC1.Cl. The lowest BCUT2D eigenvalue weighted by Gasteiger charge is -2.27. The van der Waals surface area contributed by atoms with Gasteiger partial charge in [0.1, 0.15) is 5.76 Å². The molecule has 2 N–H and O–H groups in total. The van der Waals surface area contributed by atoms with Gasteiger partial charge >= 0.3 is 0 Å². The minimum atomic E-state index is -3.68. The molecule has 138 valence electrons. The van der Waals surface area contributed by atoms with Gasteiger partial charge in [0.25, 0.3) is 15.9 Å². The van der Waals surface area contributed by atoms with Crippen molar-refractivity contribution in [2.45, 2.75) is 12.0 Å². The fraction of sp³-hybridized carbons (Fsp3) is 0.643. The molecule has 1 saturated heterocycles. The maximum Gasteiger partial charge on any atom is 0.275 e. The van der Waals surface area contributed by atoms with Crippen molar-refractivity contribution in [3.05, 3.63) is 17.4 Å². The van der Waals surface area contributed by atoms with E-state index in [0.717, 1.165) is 37.0 Å². The van der Waals surface area contributed by atoms with Crippen molar-refractivity contribution in [1.29, 1.82) is 0 Å². The predicted octanol–water partition coefficient (Wildman–Crippen LogP) is -0.105. The van der Waals surface area contributed by atoms with Crippen molar-refractivity contribution in [2.75, 3.05) is 53.4 Å². The summed E-state index contributed by atoms with van der Waals surface area (Å²) in [6.45, 7) is 6.71. The van der Waals surface area contributed by atoms with E-state index in [0.29, 0.717) is 12.3 Å². The number of furan rings is 1.